The summed E-state index contributed by atoms with van der Waals surface area (Å²) in [5, 5.41) is 3.47. The van der Waals surface area contributed by atoms with E-state index in [2.05, 4.69) is 36.5 Å². The van der Waals surface area contributed by atoms with E-state index in [-0.39, 0.29) is 0 Å². The van der Waals surface area contributed by atoms with Crippen LogP contribution < -0.4 is 5.32 Å². The summed E-state index contributed by atoms with van der Waals surface area (Å²) in [5.74, 6) is 0.833. The van der Waals surface area contributed by atoms with Gasteiger partial charge in [0.15, 0.2) is 0 Å². The molecule has 1 unspecified atom stereocenters. The van der Waals surface area contributed by atoms with Crippen LogP contribution in [-0.4, -0.2) is 26.3 Å². The largest absolute Gasteiger partial charge is 0.379 e. The van der Waals surface area contributed by atoms with Gasteiger partial charge < -0.3 is 10.1 Å². The van der Waals surface area contributed by atoms with E-state index in [4.69, 9.17) is 4.74 Å². The van der Waals surface area contributed by atoms with Crippen molar-refractivity contribution >= 4 is 0 Å². The van der Waals surface area contributed by atoms with E-state index in [1.54, 1.807) is 0 Å². The highest BCUT2D eigenvalue weighted by atomic mass is 16.5. The second kappa shape index (κ2) is 5.02. The number of aryl methyl sites for hydroxylation is 1. The minimum Gasteiger partial charge on any atom is -0.379 e. The van der Waals surface area contributed by atoms with Gasteiger partial charge in [-0.25, -0.2) is 0 Å². The molecular formula is C16H23NO. The monoisotopic (exact) mass is 245 g/mol. The van der Waals surface area contributed by atoms with Crippen molar-refractivity contribution in [1.29, 1.82) is 0 Å². The number of hydrogen-bond acceptors (Lipinski definition) is 2. The van der Waals surface area contributed by atoms with E-state index >= 15 is 0 Å². The normalized spacial score (nSPS) is 25.9. The molecule has 2 heteroatoms. The quantitative estimate of drug-likeness (QED) is 0.880. The molecule has 2 aliphatic rings. The molecule has 3 rings (SSSR count). The van der Waals surface area contributed by atoms with Crippen molar-refractivity contribution in [2.75, 3.05) is 26.3 Å². The summed E-state index contributed by atoms with van der Waals surface area (Å²) < 4.78 is 5.54. The lowest BCUT2D eigenvalue weighted by Crippen LogP contribution is -2.48. The standard InChI is InChI=1S/C16H23NO/c1-2-13-3-5-15(6-4-13)16(11-18-12-16)9-14-7-8-17-10-14/h3-6,14,17H,2,7-12H2,1H3. The molecular weight excluding hydrogens is 222 g/mol. The summed E-state index contributed by atoms with van der Waals surface area (Å²) in [4.78, 5) is 0. The average Bonchev–Trinajstić information content (AvgIpc) is 2.87. The number of benzene rings is 1. The van der Waals surface area contributed by atoms with Crippen molar-refractivity contribution < 1.29 is 4.74 Å². The third kappa shape index (κ3) is 2.19. The summed E-state index contributed by atoms with van der Waals surface area (Å²) in [5.41, 5.74) is 3.22. The van der Waals surface area contributed by atoms with Crippen molar-refractivity contribution in [1.82, 2.24) is 5.32 Å². The smallest absolute Gasteiger partial charge is 0.0585 e. The molecule has 1 N–H and O–H groups in total. The Morgan fingerprint density at radius 2 is 2.06 bits per heavy atom. The molecule has 0 radical (unpaired) electrons. The summed E-state index contributed by atoms with van der Waals surface area (Å²) in [6, 6.07) is 9.21. The minimum atomic E-state index is 0.308. The molecule has 0 bridgehead atoms. The minimum absolute atomic E-state index is 0.308. The highest BCUT2D eigenvalue weighted by Crippen LogP contribution is 2.39. The van der Waals surface area contributed by atoms with Gasteiger partial charge in [-0.15, -0.1) is 0 Å². The van der Waals surface area contributed by atoms with E-state index in [9.17, 15) is 0 Å². The summed E-state index contributed by atoms with van der Waals surface area (Å²) in [7, 11) is 0. The molecule has 98 valence electrons. The van der Waals surface area contributed by atoms with Crippen LogP contribution >= 0.6 is 0 Å². The zero-order valence-electron chi connectivity index (χ0n) is 11.2. The lowest BCUT2D eigenvalue weighted by molar-refractivity contribution is -0.0705. The van der Waals surface area contributed by atoms with Crippen molar-refractivity contribution in [2.45, 2.75) is 31.6 Å². The van der Waals surface area contributed by atoms with Gasteiger partial charge in [-0.1, -0.05) is 31.2 Å². The molecule has 2 fully saturated rings. The highest BCUT2D eigenvalue weighted by Gasteiger charge is 2.42. The van der Waals surface area contributed by atoms with E-state index in [1.165, 1.54) is 37.1 Å². The van der Waals surface area contributed by atoms with Gasteiger partial charge >= 0.3 is 0 Å². The first-order valence-electron chi connectivity index (χ1n) is 7.20. The van der Waals surface area contributed by atoms with Crippen LogP contribution in [0.15, 0.2) is 24.3 Å². The van der Waals surface area contributed by atoms with Crippen molar-refractivity contribution in [2.24, 2.45) is 5.92 Å². The second-order valence-corrected chi connectivity index (χ2v) is 5.89. The Kier molecular flexibility index (Phi) is 3.40. The van der Waals surface area contributed by atoms with Gasteiger partial charge in [0.25, 0.3) is 0 Å². The Bertz CT molecular complexity index is 388. The first-order valence-corrected chi connectivity index (χ1v) is 7.20. The van der Waals surface area contributed by atoms with Gasteiger partial charge in [0.05, 0.1) is 13.2 Å². The van der Waals surface area contributed by atoms with E-state index < -0.39 is 0 Å². The Morgan fingerprint density at radius 3 is 2.56 bits per heavy atom. The van der Waals surface area contributed by atoms with Crippen LogP contribution in [0.3, 0.4) is 0 Å². The summed E-state index contributed by atoms with van der Waals surface area (Å²) in [6.07, 6.45) is 3.73. The van der Waals surface area contributed by atoms with Crippen LogP contribution in [0, 0.1) is 5.92 Å². The van der Waals surface area contributed by atoms with E-state index in [1.807, 2.05) is 0 Å². The third-order valence-electron chi connectivity index (χ3n) is 4.57. The molecule has 1 atom stereocenters. The van der Waals surface area contributed by atoms with Gasteiger partial charge in [-0.3, -0.25) is 0 Å². The van der Waals surface area contributed by atoms with Crippen LogP contribution in [0.1, 0.15) is 30.9 Å². The maximum absolute atomic E-state index is 5.54. The maximum Gasteiger partial charge on any atom is 0.0585 e. The molecule has 0 aliphatic carbocycles. The molecule has 0 saturated carbocycles. The fraction of sp³-hybridized carbons (Fsp3) is 0.625. The third-order valence-corrected chi connectivity index (χ3v) is 4.57. The molecule has 1 aromatic rings. The van der Waals surface area contributed by atoms with Crippen molar-refractivity contribution in [3.8, 4) is 0 Å². The molecule has 1 aromatic carbocycles. The molecule has 0 aromatic heterocycles. The first-order chi connectivity index (χ1) is 8.82. The Balaban J connectivity index is 1.76. The number of rotatable bonds is 4. The Hall–Kier alpha value is -0.860. The maximum atomic E-state index is 5.54. The van der Waals surface area contributed by atoms with Crippen molar-refractivity contribution in [3.05, 3.63) is 35.4 Å². The predicted molar refractivity (Wildman–Crippen MR) is 73.9 cm³/mol. The van der Waals surface area contributed by atoms with E-state index in [0.29, 0.717) is 5.41 Å². The summed E-state index contributed by atoms with van der Waals surface area (Å²) >= 11 is 0. The molecule has 0 amide bonds. The van der Waals surface area contributed by atoms with E-state index in [0.717, 1.165) is 25.6 Å². The van der Waals surface area contributed by atoms with Crippen LogP contribution in [-0.2, 0) is 16.6 Å². The molecule has 2 nitrogen and oxygen atoms in total. The van der Waals surface area contributed by atoms with Crippen molar-refractivity contribution in [3.63, 3.8) is 0 Å². The zero-order valence-corrected chi connectivity index (χ0v) is 11.2. The fourth-order valence-electron chi connectivity index (χ4n) is 3.29. The number of ether oxygens (including phenoxy) is 1. The Morgan fingerprint density at radius 1 is 1.28 bits per heavy atom. The highest BCUT2D eigenvalue weighted by molar-refractivity contribution is 5.31. The number of hydrogen-bond donors (Lipinski definition) is 1. The Labute approximate surface area is 110 Å². The molecule has 0 spiro atoms. The first kappa shape index (κ1) is 12.2. The molecule has 18 heavy (non-hydrogen) atoms. The molecule has 2 aliphatic heterocycles. The fourth-order valence-corrected chi connectivity index (χ4v) is 3.29. The van der Waals surface area contributed by atoms with Gasteiger partial charge in [-0.05, 0) is 49.4 Å². The van der Waals surface area contributed by atoms with Gasteiger partial charge in [0, 0.05) is 5.41 Å². The topological polar surface area (TPSA) is 21.3 Å². The van der Waals surface area contributed by atoms with Crippen LogP contribution in [0.2, 0.25) is 0 Å². The van der Waals surface area contributed by atoms with Crippen LogP contribution in [0.5, 0.6) is 0 Å². The SMILES string of the molecule is CCc1ccc(C2(CC3CCNC3)COC2)cc1. The zero-order chi connectivity index (χ0) is 12.4. The second-order valence-electron chi connectivity index (χ2n) is 5.89. The molecule has 2 heterocycles. The lowest BCUT2D eigenvalue weighted by atomic mass is 9.72. The van der Waals surface area contributed by atoms with Gasteiger partial charge in [-0.2, -0.15) is 0 Å². The predicted octanol–water partition coefficient (Wildman–Crippen LogP) is 2.52. The number of nitrogens with one attached hydrogen (secondary N) is 1. The average molecular weight is 245 g/mol. The lowest BCUT2D eigenvalue weighted by Gasteiger charge is -2.43. The molecule has 2 saturated heterocycles. The van der Waals surface area contributed by atoms with Crippen LogP contribution in [0.25, 0.3) is 0 Å². The van der Waals surface area contributed by atoms with Crippen LogP contribution in [0.4, 0.5) is 0 Å². The van der Waals surface area contributed by atoms with Gasteiger partial charge in [0.1, 0.15) is 0 Å². The summed E-state index contributed by atoms with van der Waals surface area (Å²) in [6.45, 7) is 6.41. The van der Waals surface area contributed by atoms with Gasteiger partial charge in [0.2, 0.25) is 0 Å².